The van der Waals surface area contributed by atoms with Crippen LogP contribution in [0.4, 0.5) is 4.79 Å². The van der Waals surface area contributed by atoms with Gasteiger partial charge in [0.15, 0.2) is 0 Å². The second-order valence-corrected chi connectivity index (χ2v) is 7.71. The van der Waals surface area contributed by atoms with Crippen molar-refractivity contribution >= 4 is 21.8 Å². The maximum atomic E-state index is 11.8. The number of amides is 2. The van der Waals surface area contributed by atoms with Gasteiger partial charge in [-0.3, -0.25) is 4.79 Å². The van der Waals surface area contributed by atoms with E-state index in [2.05, 4.69) is 5.32 Å². The molecule has 0 aromatic carbocycles. The fourth-order valence-corrected chi connectivity index (χ4v) is 2.07. The summed E-state index contributed by atoms with van der Waals surface area (Å²) in [7, 11) is -0.448. The van der Waals surface area contributed by atoms with E-state index in [0.29, 0.717) is 0 Å². The van der Waals surface area contributed by atoms with E-state index in [-0.39, 0.29) is 0 Å². The number of nitrogens with one attached hydrogen (secondary N) is 1. The molecule has 0 saturated carbocycles. The van der Waals surface area contributed by atoms with Crippen LogP contribution in [-0.2, 0) is 19.4 Å². The predicted octanol–water partition coefficient (Wildman–Crippen LogP) is 0.0125. The van der Waals surface area contributed by atoms with Gasteiger partial charge in [0.2, 0.25) is 5.91 Å². The number of sulfone groups is 1. The minimum atomic E-state index is -3.41. The van der Waals surface area contributed by atoms with Crippen LogP contribution in [0, 0.1) is 0 Å². The zero-order valence-corrected chi connectivity index (χ0v) is 13.0. The number of alkyl carbamates (subject to hydrolysis) is 1. The summed E-state index contributed by atoms with van der Waals surface area (Å²) in [5.41, 5.74) is -0.721. The molecule has 0 aliphatic heterocycles. The van der Waals surface area contributed by atoms with Crippen LogP contribution in [0.1, 0.15) is 20.8 Å². The SMILES string of the molecule is CN(C)C(=O)[C@H](CS(C)(=O)=O)NC(=O)OC(C)(C)C. The molecule has 0 rings (SSSR count). The first-order valence-corrected chi connectivity index (χ1v) is 7.76. The smallest absolute Gasteiger partial charge is 0.408 e. The minimum Gasteiger partial charge on any atom is -0.444 e. The Morgan fingerprint density at radius 1 is 1.26 bits per heavy atom. The number of hydrogen-bond donors (Lipinski definition) is 1. The molecule has 0 heterocycles. The van der Waals surface area contributed by atoms with Crippen LogP contribution in [-0.4, -0.2) is 63.1 Å². The molecular weight excluding hydrogens is 272 g/mol. The van der Waals surface area contributed by atoms with Crippen molar-refractivity contribution < 1.29 is 22.7 Å². The molecule has 1 atom stereocenters. The highest BCUT2D eigenvalue weighted by atomic mass is 32.2. The molecule has 0 spiro atoms. The Labute approximate surface area is 114 Å². The second kappa shape index (κ2) is 6.23. The van der Waals surface area contributed by atoms with Crippen LogP contribution >= 0.6 is 0 Å². The summed E-state index contributed by atoms with van der Waals surface area (Å²) >= 11 is 0. The van der Waals surface area contributed by atoms with Gasteiger partial charge in [-0.05, 0) is 20.8 Å². The second-order valence-electron chi connectivity index (χ2n) is 5.52. The molecule has 0 aliphatic rings. The van der Waals surface area contributed by atoms with Gasteiger partial charge in [-0.25, -0.2) is 13.2 Å². The van der Waals surface area contributed by atoms with Crippen molar-refractivity contribution in [2.24, 2.45) is 0 Å². The lowest BCUT2D eigenvalue weighted by molar-refractivity contribution is -0.130. The molecule has 2 amide bonds. The summed E-state index contributed by atoms with van der Waals surface area (Å²) in [6.07, 6.45) is 0.177. The monoisotopic (exact) mass is 294 g/mol. The molecular formula is C11H22N2O5S. The third-order valence-electron chi connectivity index (χ3n) is 1.90. The molecule has 0 bridgehead atoms. The molecule has 19 heavy (non-hydrogen) atoms. The van der Waals surface area contributed by atoms with Gasteiger partial charge in [0.1, 0.15) is 21.5 Å². The van der Waals surface area contributed by atoms with E-state index >= 15 is 0 Å². The number of nitrogens with zero attached hydrogens (tertiary/aromatic N) is 1. The van der Waals surface area contributed by atoms with Gasteiger partial charge in [-0.15, -0.1) is 0 Å². The quantitative estimate of drug-likeness (QED) is 0.788. The third kappa shape index (κ3) is 8.41. The van der Waals surface area contributed by atoms with Crippen molar-refractivity contribution in [3.63, 3.8) is 0 Å². The van der Waals surface area contributed by atoms with Gasteiger partial charge < -0.3 is 15.0 Å². The predicted molar refractivity (Wildman–Crippen MR) is 71.6 cm³/mol. The average Bonchev–Trinajstić information content (AvgIpc) is 2.09. The molecule has 1 N–H and O–H groups in total. The summed E-state index contributed by atoms with van der Waals surface area (Å²) < 4.78 is 27.5. The first-order valence-electron chi connectivity index (χ1n) is 5.70. The van der Waals surface area contributed by atoms with E-state index in [9.17, 15) is 18.0 Å². The van der Waals surface area contributed by atoms with E-state index in [4.69, 9.17) is 4.74 Å². The molecule has 0 aromatic heterocycles. The first kappa shape index (κ1) is 17.7. The Hall–Kier alpha value is -1.31. The number of carbonyl (C=O) groups excluding carboxylic acids is 2. The van der Waals surface area contributed by atoms with Crippen molar-refractivity contribution in [3.05, 3.63) is 0 Å². The standard InChI is InChI=1S/C11H22N2O5S/c1-11(2,3)18-10(15)12-8(7-19(6,16)17)9(14)13(4)5/h8H,7H2,1-6H3,(H,12,15)/t8-/m0/s1. The van der Waals surface area contributed by atoms with E-state index in [1.54, 1.807) is 20.8 Å². The normalized spacial score (nSPS) is 13.6. The van der Waals surface area contributed by atoms with E-state index in [0.717, 1.165) is 6.26 Å². The lowest BCUT2D eigenvalue weighted by Gasteiger charge is -2.24. The van der Waals surface area contributed by atoms with E-state index < -0.39 is 39.2 Å². The lowest BCUT2D eigenvalue weighted by Crippen LogP contribution is -2.50. The number of rotatable bonds is 4. The van der Waals surface area contributed by atoms with Crippen molar-refractivity contribution in [1.82, 2.24) is 10.2 Å². The number of likely N-dealkylation sites (N-methyl/N-ethyl adjacent to an activating group) is 1. The van der Waals surface area contributed by atoms with Crippen LogP contribution in [0.3, 0.4) is 0 Å². The maximum absolute atomic E-state index is 11.8. The number of hydrogen-bond acceptors (Lipinski definition) is 5. The minimum absolute atomic E-state index is 0.469. The Kier molecular flexibility index (Phi) is 5.80. The van der Waals surface area contributed by atoms with Gasteiger partial charge in [-0.2, -0.15) is 0 Å². The zero-order chi connectivity index (χ0) is 15.4. The average molecular weight is 294 g/mol. The Balaban J connectivity index is 4.87. The fourth-order valence-electron chi connectivity index (χ4n) is 1.24. The van der Waals surface area contributed by atoms with Gasteiger partial charge in [-0.1, -0.05) is 0 Å². The van der Waals surface area contributed by atoms with Crippen LogP contribution in [0.15, 0.2) is 0 Å². The van der Waals surface area contributed by atoms with Crippen molar-refractivity contribution in [2.75, 3.05) is 26.1 Å². The largest absolute Gasteiger partial charge is 0.444 e. The first-order chi connectivity index (χ1) is 8.32. The highest BCUT2D eigenvalue weighted by molar-refractivity contribution is 7.90. The Morgan fingerprint density at radius 2 is 1.74 bits per heavy atom. The van der Waals surface area contributed by atoms with Gasteiger partial charge in [0.05, 0.1) is 5.75 Å². The molecule has 112 valence electrons. The fraction of sp³-hybridized carbons (Fsp3) is 0.818. The van der Waals surface area contributed by atoms with E-state index in [1.165, 1.54) is 19.0 Å². The zero-order valence-electron chi connectivity index (χ0n) is 12.2. The van der Waals surface area contributed by atoms with Gasteiger partial charge >= 0.3 is 6.09 Å². The molecule has 0 aliphatic carbocycles. The summed E-state index contributed by atoms with van der Waals surface area (Å²) in [6.45, 7) is 5.02. The highest BCUT2D eigenvalue weighted by Crippen LogP contribution is 2.07. The van der Waals surface area contributed by atoms with Crippen molar-refractivity contribution in [3.8, 4) is 0 Å². The van der Waals surface area contributed by atoms with E-state index in [1.807, 2.05) is 0 Å². The molecule has 7 nitrogen and oxygen atoms in total. The molecule has 0 fully saturated rings. The van der Waals surface area contributed by atoms with Crippen LogP contribution in [0.25, 0.3) is 0 Å². The van der Waals surface area contributed by atoms with Crippen molar-refractivity contribution in [2.45, 2.75) is 32.4 Å². The Bertz CT molecular complexity index is 436. The number of carbonyl (C=O) groups is 2. The van der Waals surface area contributed by atoms with Crippen LogP contribution in [0.2, 0.25) is 0 Å². The summed E-state index contributed by atoms with van der Waals surface area (Å²) in [4.78, 5) is 24.6. The lowest BCUT2D eigenvalue weighted by atomic mass is 10.2. The molecule has 0 radical (unpaired) electrons. The topological polar surface area (TPSA) is 92.8 Å². The van der Waals surface area contributed by atoms with Crippen LogP contribution in [0.5, 0.6) is 0 Å². The van der Waals surface area contributed by atoms with Crippen molar-refractivity contribution in [1.29, 1.82) is 0 Å². The number of ether oxygens (including phenoxy) is 1. The van der Waals surface area contributed by atoms with Gasteiger partial charge in [0.25, 0.3) is 0 Å². The van der Waals surface area contributed by atoms with Crippen LogP contribution < -0.4 is 5.32 Å². The molecule has 0 aromatic rings. The summed E-state index contributed by atoms with van der Waals surface area (Å²) in [5, 5.41) is 2.28. The maximum Gasteiger partial charge on any atom is 0.408 e. The summed E-state index contributed by atoms with van der Waals surface area (Å²) in [5.74, 6) is -0.972. The summed E-state index contributed by atoms with van der Waals surface area (Å²) in [6, 6.07) is -1.15. The molecule has 0 unspecified atom stereocenters. The Morgan fingerprint density at radius 3 is 2.05 bits per heavy atom. The van der Waals surface area contributed by atoms with Gasteiger partial charge in [0, 0.05) is 20.4 Å². The third-order valence-corrected chi connectivity index (χ3v) is 2.84. The highest BCUT2D eigenvalue weighted by Gasteiger charge is 2.28. The molecule has 0 saturated heterocycles. The molecule has 8 heteroatoms.